The summed E-state index contributed by atoms with van der Waals surface area (Å²) in [5.41, 5.74) is 3.55. The normalized spacial score (nSPS) is 23.5. The van der Waals surface area contributed by atoms with Crippen LogP contribution in [0.5, 0.6) is 0 Å². The fraction of sp³-hybridized carbons (Fsp3) is 0.192. The fourth-order valence-electron chi connectivity index (χ4n) is 5.11. The number of carboxylic acids is 1. The first kappa shape index (κ1) is 19.1. The van der Waals surface area contributed by atoms with Crippen molar-refractivity contribution in [3.63, 3.8) is 0 Å². The molecule has 0 unspecified atom stereocenters. The minimum Gasteiger partial charge on any atom is -0.478 e. The highest BCUT2D eigenvalue weighted by atomic mass is 16.4. The van der Waals surface area contributed by atoms with Crippen molar-refractivity contribution in [2.24, 2.45) is 0 Å². The molecule has 5 nitrogen and oxygen atoms in total. The van der Waals surface area contributed by atoms with E-state index in [4.69, 9.17) is 6.57 Å². The van der Waals surface area contributed by atoms with Crippen LogP contribution in [0.1, 0.15) is 40.4 Å². The smallest absolute Gasteiger partial charge is 0.335 e. The van der Waals surface area contributed by atoms with E-state index in [9.17, 15) is 14.7 Å². The summed E-state index contributed by atoms with van der Waals surface area (Å²) in [6.45, 7) is 9.62. The molecule has 0 saturated heterocycles. The van der Waals surface area contributed by atoms with Crippen molar-refractivity contribution < 1.29 is 14.7 Å². The van der Waals surface area contributed by atoms with Gasteiger partial charge in [0, 0.05) is 11.1 Å². The van der Waals surface area contributed by atoms with E-state index in [1.165, 1.54) is 0 Å². The minimum atomic E-state index is -0.982. The number of carbonyl (C=O) groups is 2. The Labute approximate surface area is 180 Å². The van der Waals surface area contributed by atoms with Crippen LogP contribution in [0.25, 0.3) is 4.85 Å². The largest absolute Gasteiger partial charge is 0.478 e. The van der Waals surface area contributed by atoms with Gasteiger partial charge in [0.05, 0.1) is 24.1 Å². The molecule has 1 heterocycles. The number of aromatic carboxylic acids is 1. The van der Waals surface area contributed by atoms with Gasteiger partial charge in [-0.3, -0.25) is 4.79 Å². The van der Waals surface area contributed by atoms with Crippen molar-refractivity contribution in [1.82, 2.24) is 0 Å². The zero-order chi connectivity index (χ0) is 21.8. The van der Waals surface area contributed by atoms with Crippen LogP contribution in [0.2, 0.25) is 0 Å². The zero-order valence-corrected chi connectivity index (χ0v) is 17.0. The highest BCUT2D eigenvalue weighted by molar-refractivity contribution is 6.12. The van der Waals surface area contributed by atoms with E-state index in [1.54, 1.807) is 35.2 Å². The number of anilines is 1. The number of rotatable bonds is 4. The summed E-state index contributed by atoms with van der Waals surface area (Å²) in [7, 11) is 0. The van der Waals surface area contributed by atoms with E-state index in [2.05, 4.69) is 11.8 Å². The van der Waals surface area contributed by atoms with E-state index in [0.29, 0.717) is 18.7 Å². The molecule has 5 heteroatoms. The molecule has 0 aromatic heterocycles. The summed E-state index contributed by atoms with van der Waals surface area (Å²) in [4.78, 5) is 30.4. The molecule has 1 N–H and O–H groups in total. The summed E-state index contributed by atoms with van der Waals surface area (Å²) < 4.78 is 0. The van der Waals surface area contributed by atoms with Crippen molar-refractivity contribution >= 4 is 23.3 Å². The molecule has 0 radical (unpaired) electrons. The lowest BCUT2D eigenvalue weighted by Gasteiger charge is -2.21. The van der Waals surface area contributed by atoms with Crippen LogP contribution in [0.4, 0.5) is 11.4 Å². The molecule has 1 saturated carbocycles. The highest BCUT2D eigenvalue weighted by Crippen LogP contribution is 2.70. The Morgan fingerprint density at radius 1 is 1.10 bits per heavy atom. The predicted octanol–water partition coefficient (Wildman–Crippen LogP) is 5.08. The van der Waals surface area contributed by atoms with Crippen molar-refractivity contribution in [2.75, 3.05) is 4.90 Å². The molecule has 1 aliphatic carbocycles. The molecular formula is C26H20N2O3. The molecule has 0 bridgehead atoms. The van der Waals surface area contributed by atoms with Gasteiger partial charge in [-0.05, 0) is 41.3 Å². The van der Waals surface area contributed by atoms with Gasteiger partial charge in [-0.25, -0.2) is 9.64 Å². The Morgan fingerprint density at radius 2 is 1.84 bits per heavy atom. The van der Waals surface area contributed by atoms with E-state index in [0.717, 1.165) is 22.4 Å². The number of para-hydroxylation sites is 1. The lowest BCUT2D eigenvalue weighted by atomic mass is 9.83. The quantitative estimate of drug-likeness (QED) is 0.612. The van der Waals surface area contributed by atoms with Gasteiger partial charge in [0.25, 0.3) is 0 Å². The average Bonchev–Trinajstić information content (AvgIpc) is 3.38. The third kappa shape index (κ3) is 2.62. The number of benzene rings is 3. The van der Waals surface area contributed by atoms with Crippen molar-refractivity contribution in [3.05, 3.63) is 106 Å². The number of fused-ring (bicyclic) bond motifs is 2. The van der Waals surface area contributed by atoms with Gasteiger partial charge < -0.3 is 10.0 Å². The first-order valence-electron chi connectivity index (χ1n) is 10.1. The maximum Gasteiger partial charge on any atom is 0.335 e. The maximum absolute atomic E-state index is 13.8. The summed E-state index contributed by atoms with van der Waals surface area (Å²) in [6.07, 6.45) is 0.707. The van der Waals surface area contributed by atoms with Gasteiger partial charge in [-0.2, -0.15) is 0 Å². The number of hydrogen-bond donors (Lipinski definition) is 1. The van der Waals surface area contributed by atoms with Crippen molar-refractivity contribution in [3.8, 4) is 0 Å². The number of amides is 1. The van der Waals surface area contributed by atoms with Crippen molar-refractivity contribution in [1.29, 1.82) is 0 Å². The summed E-state index contributed by atoms with van der Waals surface area (Å²) in [6, 6.07) is 22.1. The SMILES string of the molecule is [C-]#[N+]c1ccc([C@@]2(C)C[C@]23C(=O)N(Cc2cccc(C(=O)O)c2)c2ccccc23)cc1. The van der Waals surface area contributed by atoms with Gasteiger partial charge in [0.15, 0.2) is 5.69 Å². The van der Waals surface area contributed by atoms with Crippen LogP contribution in [0, 0.1) is 6.57 Å². The Hall–Kier alpha value is -3.91. The van der Waals surface area contributed by atoms with E-state index >= 15 is 0 Å². The van der Waals surface area contributed by atoms with Crippen molar-refractivity contribution in [2.45, 2.75) is 30.7 Å². The maximum atomic E-state index is 13.8. The average molecular weight is 408 g/mol. The fourth-order valence-corrected chi connectivity index (χ4v) is 5.11. The van der Waals surface area contributed by atoms with Crippen LogP contribution in [0.15, 0.2) is 72.8 Å². The molecule has 2 atom stereocenters. The minimum absolute atomic E-state index is 0.0474. The van der Waals surface area contributed by atoms with Crippen LogP contribution < -0.4 is 4.90 Å². The zero-order valence-electron chi connectivity index (χ0n) is 17.0. The molecule has 2 aliphatic rings. The molecular weight excluding hydrogens is 388 g/mol. The number of hydrogen-bond acceptors (Lipinski definition) is 2. The molecule has 3 aromatic rings. The lowest BCUT2D eigenvalue weighted by molar-refractivity contribution is -0.120. The topological polar surface area (TPSA) is 62.0 Å². The van der Waals surface area contributed by atoms with Gasteiger partial charge >= 0.3 is 5.97 Å². The second-order valence-corrected chi connectivity index (χ2v) is 8.49. The van der Waals surface area contributed by atoms with Gasteiger partial charge in [0.2, 0.25) is 5.91 Å². The monoisotopic (exact) mass is 408 g/mol. The molecule has 31 heavy (non-hydrogen) atoms. The Bertz CT molecular complexity index is 1270. The number of carbonyl (C=O) groups excluding carboxylic acids is 1. The van der Waals surface area contributed by atoms with E-state index < -0.39 is 11.4 Å². The van der Waals surface area contributed by atoms with Crippen LogP contribution in [-0.4, -0.2) is 17.0 Å². The summed E-state index contributed by atoms with van der Waals surface area (Å²) in [5, 5.41) is 9.31. The third-order valence-electron chi connectivity index (χ3n) is 6.85. The highest BCUT2D eigenvalue weighted by Gasteiger charge is 2.74. The van der Waals surface area contributed by atoms with Gasteiger partial charge in [-0.1, -0.05) is 61.5 Å². The molecule has 5 rings (SSSR count). The van der Waals surface area contributed by atoms with Crippen LogP contribution >= 0.6 is 0 Å². The molecule has 3 aromatic carbocycles. The predicted molar refractivity (Wildman–Crippen MR) is 117 cm³/mol. The standard InChI is InChI=1S/C26H20N2O3/c1-25(19-10-12-20(27-2)13-11-19)16-26(25)21-8-3-4-9-22(21)28(24(26)31)15-17-6-5-7-18(14-17)23(29)30/h3-14H,15-16H2,1H3,(H,29,30)/t25-,26+/m1/s1. The number of carboxylic acid groups (broad SMARTS) is 1. The number of nitrogens with zero attached hydrogens (tertiary/aromatic N) is 2. The van der Waals surface area contributed by atoms with E-state index in [-0.39, 0.29) is 16.9 Å². The second kappa shape index (κ2) is 6.55. The molecule has 152 valence electrons. The van der Waals surface area contributed by atoms with Crippen LogP contribution in [-0.2, 0) is 22.2 Å². The summed E-state index contributed by atoms with van der Waals surface area (Å²) in [5.74, 6) is -0.935. The lowest BCUT2D eigenvalue weighted by Crippen LogP contribution is -2.35. The molecule has 1 aliphatic heterocycles. The Balaban J connectivity index is 1.55. The van der Waals surface area contributed by atoms with Crippen LogP contribution in [0.3, 0.4) is 0 Å². The van der Waals surface area contributed by atoms with Gasteiger partial charge in [0.1, 0.15) is 0 Å². The third-order valence-corrected chi connectivity index (χ3v) is 6.85. The summed E-state index contributed by atoms with van der Waals surface area (Å²) >= 11 is 0. The second-order valence-electron chi connectivity index (χ2n) is 8.49. The van der Waals surface area contributed by atoms with E-state index in [1.807, 2.05) is 42.5 Å². The van der Waals surface area contributed by atoms with Gasteiger partial charge in [-0.15, -0.1) is 0 Å². The Morgan fingerprint density at radius 3 is 2.55 bits per heavy atom. The first-order chi connectivity index (χ1) is 14.9. The molecule has 1 amide bonds. The molecule has 1 spiro atoms. The molecule has 1 fully saturated rings. The first-order valence-corrected chi connectivity index (χ1v) is 10.1. The Kier molecular flexibility index (Phi) is 4.03.